The molecule has 4 aromatic carbocycles. The zero-order chi connectivity index (χ0) is 46.8. The number of ether oxygens (including phenoxy) is 2. The predicted octanol–water partition coefficient (Wildman–Crippen LogP) is 10.7. The minimum absolute atomic E-state index is 0.0659. The standard InChI is InChI=1S/2C21H16ClF3N4O3/c1-27-19(30)18-11-15(8-9-28-18)32-14-5-2-12(3-6-14)29(20(26)31)13-4-7-17(22)16(10-13)21(23,24)25;1-26-19(30)18-11-15(8-9-27-18)32-14-5-2-12(3-6-14)28-20(31)29-13-4-7-17(22)16(10-13)21(23,24)25/h2-11H,1H3,(H2,26,31)(H,27,30);2-11H,1H3,(H,26,30)(H2,28,29,31). The van der Waals surface area contributed by atoms with Gasteiger partial charge in [0.15, 0.2) is 0 Å². The van der Waals surface area contributed by atoms with Gasteiger partial charge < -0.3 is 36.5 Å². The Balaban J connectivity index is 0.000000241. The van der Waals surface area contributed by atoms with E-state index in [1.165, 1.54) is 75.0 Å². The number of nitrogens with two attached hydrogens (primary N) is 1. The maximum absolute atomic E-state index is 13.2. The number of amides is 6. The summed E-state index contributed by atoms with van der Waals surface area (Å²) in [7, 11) is 2.96. The van der Waals surface area contributed by atoms with Crippen molar-refractivity contribution in [2.24, 2.45) is 5.73 Å². The van der Waals surface area contributed by atoms with Crippen LogP contribution in [0.3, 0.4) is 0 Å². The summed E-state index contributed by atoms with van der Waals surface area (Å²) < 4.78 is 89.7. The van der Waals surface area contributed by atoms with Crippen LogP contribution in [0.15, 0.2) is 122 Å². The summed E-state index contributed by atoms with van der Waals surface area (Å²) >= 11 is 11.2. The summed E-state index contributed by atoms with van der Waals surface area (Å²) in [5.74, 6) is 0.760. The van der Waals surface area contributed by atoms with Gasteiger partial charge in [-0.15, -0.1) is 0 Å². The van der Waals surface area contributed by atoms with Crippen LogP contribution in [0.2, 0.25) is 10.0 Å². The van der Waals surface area contributed by atoms with Gasteiger partial charge in [0, 0.05) is 50.0 Å². The summed E-state index contributed by atoms with van der Waals surface area (Å²) in [5.41, 5.74) is 4.04. The van der Waals surface area contributed by atoms with E-state index in [0.717, 1.165) is 29.2 Å². The van der Waals surface area contributed by atoms with E-state index >= 15 is 0 Å². The molecule has 0 unspecified atom stereocenters. The Hall–Kier alpha value is -7.58. The fourth-order valence-electron chi connectivity index (χ4n) is 5.38. The minimum atomic E-state index is -4.70. The summed E-state index contributed by atoms with van der Waals surface area (Å²) in [4.78, 5) is 56.2. The van der Waals surface area contributed by atoms with Gasteiger partial charge in [-0.25, -0.2) is 9.59 Å². The molecular formula is C42H32Cl2F6N8O6. The second-order valence-corrected chi connectivity index (χ2v) is 13.6. The molecular weight excluding hydrogens is 897 g/mol. The molecule has 22 heteroatoms. The third-order valence-electron chi connectivity index (χ3n) is 8.32. The number of aromatic nitrogens is 2. The first-order valence-corrected chi connectivity index (χ1v) is 18.8. The third-order valence-corrected chi connectivity index (χ3v) is 8.98. The first-order chi connectivity index (χ1) is 30.2. The van der Waals surface area contributed by atoms with Crippen LogP contribution in [-0.2, 0) is 12.4 Å². The topological polar surface area (TPSA) is 190 Å². The number of hydrogen-bond acceptors (Lipinski definition) is 8. The number of alkyl halides is 6. The van der Waals surface area contributed by atoms with Gasteiger partial charge in [-0.05, 0) is 97.1 Å². The molecule has 0 spiro atoms. The first kappa shape index (κ1) is 47.5. The van der Waals surface area contributed by atoms with Gasteiger partial charge in [-0.3, -0.25) is 24.5 Å². The average Bonchev–Trinajstić information content (AvgIpc) is 3.25. The molecule has 0 saturated carbocycles. The van der Waals surface area contributed by atoms with Crippen molar-refractivity contribution >= 4 is 69.8 Å². The fourth-order valence-corrected chi connectivity index (χ4v) is 5.83. The molecule has 6 N–H and O–H groups in total. The SMILES string of the molecule is CNC(=O)c1cc(Oc2ccc(N(C(N)=O)c3ccc(Cl)c(C(F)(F)F)c3)cc2)ccn1.CNC(=O)c1cc(Oc2ccc(NC(=O)Nc3ccc(Cl)c(C(F)(F)F)c3)cc2)ccn1. The number of anilines is 4. The highest BCUT2D eigenvalue weighted by atomic mass is 35.5. The number of carbonyl (C=O) groups is 4. The van der Waals surface area contributed by atoms with Gasteiger partial charge in [0.25, 0.3) is 11.8 Å². The van der Waals surface area contributed by atoms with E-state index in [4.69, 9.17) is 38.4 Å². The average molecular weight is 930 g/mol. The Morgan fingerprint density at radius 1 is 0.562 bits per heavy atom. The van der Waals surface area contributed by atoms with E-state index in [1.54, 1.807) is 36.4 Å². The molecule has 6 rings (SSSR count). The van der Waals surface area contributed by atoms with E-state index in [2.05, 4.69) is 31.2 Å². The molecule has 0 fully saturated rings. The highest BCUT2D eigenvalue weighted by molar-refractivity contribution is 6.32. The van der Waals surface area contributed by atoms with E-state index in [1.807, 2.05) is 0 Å². The molecule has 0 aliphatic rings. The lowest BCUT2D eigenvalue weighted by molar-refractivity contribution is -0.138. The molecule has 0 radical (unpaired) electrons. The molecule has 0 bridgehead atoms. The van der Waals surface area contributed by atoms with Crippen molar-refractivity contribution < 1.29 is 55.0 Å². The molecule has 0 aliphatic carbocycles. The van der Waals surface area contributed by atoms with Gasteiger partial charge in [-0.2, -0.15) is 26.3 Å². The van der Waals surface area contributed by atoms with Crippen molar-refractivity contribution in [3.8, 4) is 23.0 Å². The Morgan fingerprint density at radius 3 is 1.45 bits per heavy atom. The molecule has 0 saturated heterocycles. The van der Waals surface area contributed by atoms with E-state index in [0.29, 0.717) is 28.7 Å². The number of benzene rings is 4. The Kier molecular flexibility index (Phi) is 15.2. The number of pyridine rings is 2. The number of urea groups is 2. The fraction of sp³-hybridized carbons (Fsp3) is 0.0952. The number of nitrogens with zero attached hydrogens (tertiary/aromatic N) is 3. The van der Waals surface area contributed by atoms with Gasteiger partial charge in [0.05, 0.1) is 32.5 Å². The van der Waals surface area contributed by atoms with Gasteiger partial charge in [0.2, 0.25) is 0 Å². The summed E-state index contributed by atoms with van der Waals surface area (Å²) in [6.45, 7) is 0. The van der Waals surface area contributed by atoms with Crippen molar-refractivity contribution in [2.45, 2.75) is 12.4 Å². The Morgan fingerprint density at radius 2 is 0.984 bits per heavy atom. The van der Waals surface area contributed by atoms with Crippen molar-refractivity contribution in [3.05, 3.63) is 154 Å². The quantitative estimate of drug-likeness (QED) is 0.0839. The van der Waals surface area contributed by atoms with Crippen molar-refractivity contribution in [2.75, 3.05) is 29.6 Å². The molecule has 64 heavy (non-hydrogen) atoms. The zero-order valence-electron chi connectivity index (χ0n) is 32.9. The molecule has 6 aromatic rings. The van der Waals surface area contributed by atoms with Crippen LogP contribution in [0.1, 0.15) is 32.1 Å². The number of carbonyl (C=O) groups excluding carboxylic acids is 4. The lowest BCUT2D eigenvalue weighted by Gasteiger charge is -2.22. The maximum Gasteiger partial charge on any atom is 0.417 e. The van der Waals surface area contributed by atoms with Crippen LogP contribution in [0, 0.1) is 0 Å². The largest absolute Gasteiger partial charge is 0.457 e. The van der Waals surface area contributed by atoms with E-state index in [-0.39, 0.29) is 40.3 Å². The van der Waals surface area contributed by atoms with Crippen molar-refractivity contribution in [3.63, 3.8) is 0 Å². The molecule has 2 heterocycles. The zero-order valence-corrected chi connectivity index (χ0v) is 34.5. The highest BCUT2D eigenvalue weighted by Gasteiger charge is 2.35. The molecule has 14 nitrogen and oxygen atoms in total. The van der Waals surface area contributed by atoms with Crippen LogP contribution in [0.4, 0.5) is 58.7 Å². The number of rotatable bonds is 10. The number of nitrogens with one attached hydrogen (secondary N) is 4. The van der Waals surface area contributed by atoms with Crippen LogP contribution in [-0.4, -0.2) is 47.9 Å². The van der Waals surface area contributed by atoms with Gasteiger partial charge >= 0.3 is 24.4 Å². The molecule has 0 aliphatic heterocycles. The number of hydrogen-bond donors (Lipinski definition) is 5. The highest BCUT2D eigenvalue weighted by Crippen LogP contribution is 2.39. The van der Waals surface area contributed by atoms with Crippen molar-refractivity contribution in [1.29, 1.82) is 0 Å². The summed E-state index contributed by atoms with van der Waals surface area (Å²) in [6, 6.07) is 22.5. The molecule has 0 atom stereocenters. The Labute approximate surface area is 369 Å². The number of primary amides is 1. The first-order valence-electron chi connectivity index (χ1n) is 18.1. The van der Waals surface area contributed by atoms with Gasteiger partial charge in [0.1, 0.15) is 34.4 Å². The summed E-state index contributed by atoms with van der Waals surface area (Å²) in [5, 5.41) is 8.78. The molecule has 332 valence electrons. The predicted molar refractivity (Wildman–Crippen MR) is 226 cm³/mol. The maximum atomic E-state index is 13.2. The van der Waals surface area contributed by atoms with E-state index < -0.39 is 45.6 Å². The monoisotopic (exact) mass is 928 g/mol. The van der Waals surface area contributed by atoms with E-state index in [9.17, 15) is 45.5 Å². The van der Waals surface area contributed by atoms with Crippen LogP contribution in [0.5, 0.6) is 23.0 Å². The normalized spacial score (nSPS) is 11.0. The third kappa shape index (κ3) is 12.7. The molecule has 6 amide bonds. The second-order valence-electron chi connectivity index (χ2n) is 12.7. The van der Waals surface area contributed by atoms with Crippen molar-refractivity contribution in [1.82, 2.24) is 20.6 Å². The second kappa shape index (κ2) is 20.5. The lowest BCUT2D eigenvalue weighted by atomic mass is 10.1. The van der Waals surface area contributed by atoms with Crippen LogP contribution < -0.4 is 41.4 Å². The smallest absolute Gasteiger partial charge is 0.417 e. The van der Waals surface area contributed by atoms with Gasteiger partial charge in [-0.1, -0.05) is 23.2 Å². The number of halogens is 8. The van der Waals surface area contributed by atoms with Crippen LogP contribution in [0.25, 0.3) is 0 Å². The Bertz CT molecular complexity index is 2650. The summed E-state index contributed by atoms with van der Waals surface area (Å²) in [6.07, 6.45) is -6.51. The lowest BCUT2D eigenvalue weighted by Crippen LogP contribution is -2.31. The van der Waals surface area contributed by atoms with Crippen LogP contribution >= 0.6 is 23.2 Å². The molecule has 2 aromatic heterocycles. The minimum Gasteiger partial charge on any atom is -0.457 e.